The number of nitrogens with zero attached hydrogens (tertiary/aromatic N) is 3. The van der Waals surface area contributed by atoms with Crippen LogP contribution in [0.25, 0.3) is 11.1 Å². The number of aliphatic hydroxyl groups is 1. The lowest BCUT2D eigenvalue weighted by atomic mass is 9.78. The first kappa shape index (κ1) is 29.2. The molecule has 5 rings (SSSR count). The van der Waals surface area contributed by atoms with E-state index in [1.807, 2.05) is 29.2 Å². The summed E-state index contributed by atoms with van der Waals surface area (Å²) in [5.41, 5.74) is 4.93. The van der Waals surface area contributed by atoms with Crippen molar-refractivity contribution in [1.29, 1.82) is 0 Å². The molecule has 6 nitrogen and oxygen atoms in total. The molecule has 2 saturated carbocycles. The summed E-state index contributed by atoms with van der Waals surface area (Å²) < 4.78 is 32.4. The van der Waals surface area contributed by atoms with Crippen LogP contribution < -0.4 is 9.64 Å². The Morgan fingerprint density at radius 3 is 2.49 bits per heavy atom. The van der Waals surface area contributed by atoms with Crippen molar-refractivity contribution in [3.8, 4) is 16.9 Å². The molecule has 2 aromatic carbocycles. The van der Waals surface area contributed by atoms with Crippen molar-refractivity contribution in [2.24, 2.45) is 11.8 Å². The van der Waals surface area contributed by atoms with Crippen LogP contribution in [0.5, 0.6) is 5.75 Å². The quantitative estimate of drug-likeness (QED) is 0.304. The zero-order chi connectivity index (χ0) is 28.9. The second-order valence-electron chi connectivity index (χ2n) is 11.8. The van der Waals surface area contributed by atoms with Crippen LogP contribution in [-0.4, -0.2) is 47.0 Å². The summed E-state index contributed by atoms with van der Waals surface area (Å²) in [5.74, 6) is 1.83. The molecule has 0 bridgehead atoms. The highest BCUT2D eigenvalue weighted by Gasteiger charge is 2.32. The molecule has 1 N–H and O–H groups in total. The van der Waals surface area contributed by atoms with Gasteiger partial charge in [-0.15, -0.1) is 0 Å². The van der Waals surface area contributed by atoms with Gasteiger partial charge in [0.1, 0.15) is 12.3 Å². The smallest absolute Gasteiger partial charge is 0.257 e. The van der Waals surface area contributed by atoms with Gasteiger partial charge in [0.05, 0.1) is 19.4 Å². The van der Waals surface area contributed by atoms with E-state index in [1.54, 1.807) is 19.5 Å². The fourth-order valence-corrected chi connectivity index (χ4v) is 6.57. The van der Waals surface area contributed by atoms with Gasteiger partial charge in [-0.2, -0.15) is 5.10 Å². The molecular formula is C33H41F2N3O3. The van der Waals surface area contributed by atoms with E-state index in [4.69, 9.17) is 4.74 Å². The lowest BCUT2D eigenvalue weighted by Crippen LogP contribution is -2.41. The van der Waals surface area contributed by atoms with E-state index in [0.29, 0.717) is 44.1 Å². The molecule has 0 radical (unpaired) electrons. The maximum Gasteiger partial charge on any atom is 0.257 e. The molecule has 1 aromatic heterocycles. The predicted molar refractivity (Wildman–Crippen MR) is 156 cm³/mol. The molecule has 0 saturated heterocycles. The van der Waals surface area contributed by atoms with Gasteiger partial charge in [-0.25, -0.2) is 8.78 Å². The summed E-state index contributed by atoms with van der Waals surface area (Å²) in [6, 6.07) is 14.3. The number of ether oxygens (including phenoxy) is 1. The maximum atomic E-state index is 14.0. The van der Waals surface area contributed by atoms with Crippen molar-refractivity contribution in [3.63, 3.8) is 0 Å². The summed E-state index contributed by atoms with van der Waals surface area (Å²) in [5, 5.41) is 14.1. The fraction of sp³-hybridized carbons (Fsp3) is 0.515. The number of aliphatic hydroxyl groups excluding tert-OH is 1. The van der Waals surface area contributed by atoms with Crippen LogP contribution in [0.3, 0.4) is 0 Å². The number of aromatic nitrogens is 2. The van der Waals surface area contributed by atoms with Gasteiger partial charge in [0.2, 0.25) is 5.91 Å². The highest BCUT2D eigenvalue weighted by Crippen LogP contribution is 2.39. The second kappa shape index (κ2) is 13.1. The highest BCUT2D eigenvalue weighted by molar-refractivity contribution is 5.95. The summed E-state index contributed by atoms with van der Waals surface area (Å²) in [6.07, 6.45) is 7.37. The number of anilines is 1. The fourth-order valence-electron chi connectivity index (χ4n) is 6.57. The van der Waals surface area contributed by atoms with Gasteiger partial charge < -0.3 is 14.7 Å². The topological polar surface area (TPSA) is 67.6 Å². The maximum absolute atomic E-state index is 14.0. The van der Waals surface area contributed by atoms with E-state index in [2.05, 4.69) is 30.2 Å². The molecule has 0 spiro atoms. The molecule has 0 atom stereocenters. The number of halogens is 2. The number of rotatable bonds is 9. The number of benzene rings is 2. The molecule has 2 aliphatic carbocycles. The van der Waals surface area contributed by atoms with Crippen molar-refractivity contribution >= 4 is 11.6 Å². The first-order chi connectivity index (χ1) is 19.8. The van der Waals surface area contributed by atoms with Crippen molar-refractivity contribution in [2.75, 3.05) is 18.6 Å². The normalized spacial score (nSPS) is 23.0. The summed E-state index contributed by atoms with van der Waals surface area (Å²) in [6.45, 7) is 2.29. The molecule has 220 valence electrons. The third kappa shape index (κ3) is 7.15. The minimum Gasteiger partial charge on any atom is -0.496 e. The summed E-state index contributed by atoms with van der Waals surface area (Å²) in [4.78, 5) is 15.9. The highest BCUT2D eigenvalue weighted by atomic mass is 19.3. The number of methoxy groups -OCH3 is 1. The van der Waals surface area contributed by atoms with E-state index in [9.17, 15) is 18.7 Å². The Morgan fingerprint density at radius 2 is 1.80 bits per heavy atom. The van der Waals surface area contributed by atoms with Crippen LogP contribution in [0.4, 0.5) is 14.5 Å². The van der Waals surface area contributed by atoms with E-state index in [1.165, 1.54) is 10.2 Å². The van der Waals surface area contributed by atoms with Crippen LogP contribution in [-0.2, 0) is 11.3 Å². The molecule has 41 heavy (non-hydrogen) atoms. The van der Waals surface area contributed by atoms with Crippen molar-refractivity contribution in [3.05, 3.63) is 66.0 Å². The number of hydrogen-bond donors (Lipinski definition) is 1. The molecule has 1 heterocycles. The minimum atomic E-state index is -2.47. The Labute approximate surface area is 241 Å². The van der Waals surface area contributed by atoms with Gasteiger partial charge in [-0.1, -0.05) is 24.3 Å². The number of aryl methyl sites for hydroxylation is 1. The Hall–Kier alpha value is -3.26. The average molecular weight is 566 g/mol. The monoisotopic (exact) mass is 565 g/mol. The van der Waals surface area contributed by atoms with Crippen LogP contribution in [0.15, 0.2) is 54.9 Å². The first-order valence-corrected chi connectivity index (χ1v) is 14.9. The van der Waals surface area contributed by atoms with Gasteiger partial charge in [0.15, 0.2) is 0 Å². The molecule has 3 aromatic rings. The lowest BCUT2D eigenvalue weighted by Gasteiger charge is -2.36. The average Bonchev–Trinajstić information content (AvgIpc) is 3.44. The third-order valence-electron chi connectivity index (χ3n) is 8.94. The van der Waals surface area contributed by atoms with Crippen molar-refractivity contribution in [1.82, 2.24) is 9.78 Å². The van der Waals surface area contributed by atoms with Crippen LogP contribution >= 0.6 is 0 Å². The van der Waals surface area contributed by atoms with Crippen LogP contribution in [0.2, 0.25) is 0 Å². The largest absolute Gasteiger partial charge is 0.496 e. The van der Waals surface area contributed by atoms with Crippen molar-refractivity contribution in [2.45, 2.75) is 83.3 Å². The molecule has 2 fully saturated rings. The summed E-state index contributed by atoms with van der Waals surface area (Å²) >= 11 is 0. The van der Waals surface area contributed by atoms with Gasteiger partial charge in [-0.05, 0) is 105 Å². The molecule has 0 unspecified atom stereocenters. The van der Waals surface area contributed by atoms with Crippen molar-refractivity contribution < 1.29 is 23.4 Å². The standard InChI is InChI=1S/C33H41F2N3O3/c1-22-16-27(12-15-31(22)41-2)24-8-6-23(7-9-24)19-38(33(40)25-10-13-30(39)14-11-25)29-5-3-4-26(17-29)28-18-36-37(20-28)21-32(34)35/h3-5,12,15-18,20,23-25,30,32,39H,6-11,13-14,19,21H2,1-2H3/t23-,24-,25-,30-. The van der Waals surface area contributed by atoms with Crippen LogP contribution in [0.1, 0.15) is 68.4 Å². The molecule has 2 aliphatic rings. The van der Waals surface area contributed by atoms with E-state index in [-0.39, 0.29) is 17.9 Å². The Morgan fingerprint density at radius 1 is 1.05 bits per heavy atom. The molecule has 0 aliphatic heterocycles. The number of carbonyl (C=O) groups excluding carboxylic acids is 1. The second-order valence-corrected chi connectivity index (χ2v) is 11.8. The number of hydrogen-bond acceptors (Lipinski definition) is 4. The zero-order valence-electron chi connectivity index (χ0n) is 24.0. The Kier molecular flexibility index (Phi) is 9.38. The lowest BCUT2D eigenvalue weighted by molar-refractivity contribution is -0.124. The number of amides is 1. The van der Waals surface area contributed by atoms with E-state index in [0.717, 1.165) is 53.8 Å². The molecule has 8 heteroatoms. The van der Waals surface area contributed by atoms with Gasteiger partial charge in [0, 0.05) is 29.9 Å². The van der Waals surface area contributed by atoms with Gasteiger partial charge in [-0.3, -0.25) is 9.48 Å². The van der Waals surface area contributed by atoms with Crippen LogP contribution in [0, 0.1) is 18.8 Å². The zero-order valence-corrected chi connectivity index (χ0v) is 24.0. The Balaban J connectivity index is 1.33. The summed E-state index contributed by atoms with van der Waals surface area (Å²) in [7, 11) is 1.70. The SMILES string of the molecule is COc1ccc([C@H]2CC[C@H](CN(c3cccc(-c4cnn(CC(F)F)c4)c3)C(=O)[C@H]3CC[C@H](O)CC3)CC2)cc1C. The van der Waals surface area contributed by atoms with E-state index >= 15 is 0 Å². The van der Waals surface area contributed by atoms with Gasteiger partial charge in [0.25, 0.3) is 6.43 Å². The number of carbonyl (C=O) groups is 1. The van der Waals surface area contributed by atoms with Gasteiger partial charge >= 0.3 is 0 Å². The minimum absolute atomic E-state index is 0.102. The number of alkyl halides is 2. The molecule has 1 amide bonds. The molecular weight excluding hydrogens is 524 g/mol. The first-order valence-electron chi connectivity index (χ1n) is 14.9. The predicted octanol–water partition coefficient (Wildman–Crippen LogP) is 6.99. The Bertz CT molecular complexity index is 1310. The van der Waals surface area contributed by atoms with E-state index < -0.39 is 13.0 Å². The third-order valence-corrected chi connectivity index (χ3v) is 8.94.